The van der Waals surface area contributed by atoms with Gasteiger partial charge in [-0.15, -0.1) is 0 Å². The van der Waals surface area contributed by atoms with Crippen molar-refractivity contribution in [2.24, 2.45) is 0 Å². The van der Waals surface area contributed by atoms with Gasteiger partial charge in [-0.1, -0.05) is 164 Å². The van der Waals surface area contributed by atoms with E-state index in [0.717, 1.165) is 11.4 Å². The summed E-state index contributed by atoms with van der Waals surface area (Å²) in [6.07, 6.45) is 0. The first-order valence-electron chi connectivity index (χ1n) is 19.1. The molecular weight excluding hydrogens is 665 g/mol. The van der Waals surface area contributed by atoms with Gasteiger partial charge in [-0.3, -0.25) is 0 Å². The molecule has 2 aliphatic rings. The summed E-state index contributed by atoms with van der Waals surface area (Å²) in [5, 5.41) is 8.91. The molecule has 256 valence electrons. The Hall–Kier alpha value is -7.16. The first kappa shape index (κ1) is 30.3. The number of anilines is 2. The second-order valence-corrected chi connectivity index (χ2v) is 14.9. The smallest absolute Gasteiger partial charge is 0.0726 e. The molecule has 2 aliphatic carbocycles. The predicted octanol–water partition coefficient (Wildman–Crippen LogP) is 13.7. The van der Waals surface area contributed by atoms with E-state index >= 15 is 0 Å². The fourth-order valence-electron chi connectivity index (χ4n) is 9.95. The van der Waals surface area contributed by atoms with Crippen molar-refractivity contribution in [2.45, 2.75) is 5.41 Å². The maximum absolute atomic E-state index is 3.87. The van der Waals surface area contributed by atoms with Crippen LogP contribution >= 0.6 is 0 Å². The normalized spacial score (nSPS) is 13.2. The zero-order chi connectivity index (χ0) is 36.1. The third-order valence-corrected chi connectivity index (χ3v) is 12.2. The topological polar surface area (TPSA) is 17.0 Å². The molecule has 1 spiro atoms. The van der Waals surface area contributed by atoms with Gasteiger partial charge in [0.25, 0.3) is 0 Å². The summed E-state index contributed by atoms with van der Waals surface area (Å²) in [5.41, 5.74) is 18.5. The molecule has 0 fully saturated rings. The highest BCUT2D eigenvalue weighted by molar-refractivity contribution is 6.19. The van der Waals surface area contributed by atoms with E-state index in [4.69, 9.17) is 0 Å². The van der Waals surface area contributed by atoms with Gasteiger partial charge in [-0.05, 0) is 91.9 Å². The van der Waals surface area contributed by atoms with E-state index in [0.29, 0.717) is 0 Å². The molecule has 0 saturated heterocycles. The van der Waals surface area contributed by atoms with Gasteiger partial charge >= 0.3 is 0 Å². The fourth-order valence-corrected chi connectivity index (χ4v) is 9.95. The number of nitrogens with one attached hydrogen (secondary N) is 1. The van der Waals surface area contributed by atoms with Gasteiger partial charge in [0.2, 0.25) is 0 Å². The second-order valence-electron chi connectivity index (χ2n) is 14.9. The zero-order valence-electron chi connectivity index (χ0n) is 30.0. The van der Waals surface area contributed by atoms with Crippen molar-refractivity contribution in [1.82, 2.24) is 4.57 Å². The SMILES string of the molecule is c1ccc(-n2c3cc(-c4ccc(Nc5cccc6c5-c5ccccc5C65c6ccccc6-c6ccccc65)cc4)ccc3c3ccc4ccccc4c32)cc1. The lowest BCUT2D eigenvalue weighted by Crippen LogP contribution is -2.25. The van der Waals surface area contributed by atoms with Crippen LogP contribution in [0.15, 0.2) is 200 Å². The van der Waals surface area contributed by atoms with Crippen molar-refractivity contribution in [2.75, 3.05) is 5.32 Å². The zero-order valence-corrected chi connectivity index (χ0v) is 30.0. The minimum absolute atomic E-state index is 0.353. The van der Waals surface area contributed by atoms with Crippen molar-refractivity contribution in [3.05, 3.63) is 222 Å². The summed E-state index contributed by atoms with van der Waals surface area (Å²) in [6.45, 7) is 0. The molecule has 0 atom stereocenters. The molecule has 2 nitrogen and oxygen atoms in total. The lowest BCUT2D eigenvalue weighted by molar-refractivity contribution is 0.794. The molecule has 0 saturated carbocycles. The molecule has 0 radical (unpaired) electrons. The molecule has 9 aromatic carbocycles. The van der Waals surface area contributed by atoms with Gasteiger partial charge in [-0.25, -0.2) is 0 Å². The molecular formula is C53H34N2. The maximum Gasteiger partial charge on any atom is 0.0726 e. The minimum atomic E-state index is -0.353. The Morgan fingerprint density at radius 3 is 1.76 bits per heavy atom. The Balaban J connectivity index is 0.965. The highest BCUT2D eigenvalue weighted by atomic mass is 15.0. The van der Waals surface area contributed by atoms with E-state index in [9.17, 15) is 0 Å². The summed E-state index contributed by atoms with van der Waals surface area (Å²) in [4.78, 5) is 0. The Kier molecular flexibility index (Phi) is 6.29. The lowest BCUT2D eigenvalue weighted by atomic mass is 9.70. The van der Waals surface area contributed by atoms with Crippen LogP contribution < -0.4 is 5.32 Å². The van der Waals surface area contributed by atoms with Crippen LogP contribution in [-0.2, 0) is 5.41 Å². The predicted molar refractivity (Wildman–Crippen MR) is 230 cm³/mol. The Morgan fingerprint density at radius 1 is 0.400 bits per heavy atom. The number of benzene rings is 9. The van der Waals surface area contributed by atoms with Gasteiger partial charge in [0.15, 0.2) is 0 Å². The largest absolute Gasteiger partial charge is 0.355 e. The number of hydrogen-bond acceptors (Lipinski definition) is 1. The van der Waals surface area contributed by atoms with Gasteiger partial charge in [0, 0.05) is 38.8 Å². The van der Waals surface area contributed by atoms with Crippen molar-refractivity contribution >= 4 is 44.0 Å². The van der Waals surface area contributed by atoms with Gasteiger partial charge in [0.05, 0.1) is 16.4 Å². The third kappa shape index (κ3) is 4.14. The Labute approximate surface area is 319 Å². The van der Waals surface area contributed by atoms with Crippen LogP contribution in [0.4, 0.5) is 11.4 Å². The van der Waals surface area contributed by atoms with Gasteiger partial charge in [-0.2, -0.15) is 0 Å². The summed E-state index contributed by atoms with van der Waals surface area (Å²) in [7, 11) is 0. The van der Waals surface area contributed by atoms with E-state index in [2.05, 4.69) is 210 Å². The quantitative estimate of drug-likeness (QED) is 0.194. The summed E-state index contributed by atoms with van der Waals surface area (Å²) < 4.78 is 2.44. The van der Waals surface area contributed by atoms with Crippen LogP contribution in [0.5, 0.6) is 0 Å². The standard InChI is InChI=1S/C53H34N2/c1-2-14-38(15-3-1)55-50-33-36(28-31-42(50)43-32-27-35-13-4-5-16-39(35)52(43)55)34-25-29-37(30-26-34)54-49-24-12-23-48-51(49)44-19-8-11-22-47(44)53(48)45-20-9-6-17-40(45)41-18-7-10-21-46(41)53/h1-33,54H. The lowest BCUT2D eigenvalue weighted by Gasteiger charge is -2.30. The van der Waals surface area contributed by atoms with Crippen molar-refractivity contribution < 1.29 is 0 Å². The second kappa shape index (κ2) is 11.4. The number of rotatable bonds is 4. The Morgan fingerprint density at radius 2 is 1.00 bits per heavy atom. The van der Waals surface area contributed by atoms with E-state index in [1.807, 2.05) is 0 Å². The van der Waals surface area contributed by atoms with Gasteiger partial charge in [0.1, 0.15) is 0 Å². The maximum atomic E-state index is 3.87. The van der Waals surface area contributed by atoms with Gasteiger partial charge < -0.3 is 9.88 Å². The number of fused-ring (bicyclic) bond motifs is 15. The fraction of sp³-hybridized carbons (Fsp3) is 0.0189. The molecule has 55 heavy (non-hydrogen) atoms. The van der Waals surface area contributed by atoms with Crippen molar-refractivity contribution in [1.29, 1.82) is 0 Å². The number of nitrogens with zero attached hydrogens (tertiary/aromatic N) is 1. The minimum Gasteiger partial charge on any atom is -0.355 e. The molecule has 0 amide bonds. The number of para-hydroxylation sites is 1. The first-order valence-corrected chi connectivity index (χ1v) is 19.1. The first-order chi connectivity index (χ1) is 27.3. The molecule has 0 unspecified atom stereocenters. The molecule has 1 aromatic heterocycles. The monoisotopic (exact) mass is 698 g/mol. The van der Waals surface area contributed by atoms with E-state index in [-0.39, 0.29) is 5.41 Å². The van der Waals surface area contributed by atoms with Crippen LogP contribution in [0.1, 0.15) is 22.3 Å². The third-order valence-electron chi connectivity index (χ3n) is 12.2. The molecule has 12 rings (SSSR count). The molecule has 1 N–H and O–H groups in total. The summed E-state index contributed by atoms with van der Waals surface area (Å²) in [5.74, 6) is 0. The van der Waals surface area contributed by atoms with Crippen LogP contribution in [0, 0.1) is 0 Å². The van der Waals surface area contributed by atoms with Crippen LogP contribution in [-0.4, -0.2) is 4.57 Å². The highest BCUT2D eigenvalue weighted by Crippen LogP contribution is 2.63. The number of aromatic nitrogens is 1. The van der Waals surface area contributed by atoms with Crippen LogP contribution in [0.25, 0.3) is 71.6 Å². The highest BCUT2D eigenvalue weighted by Gasteiger charge is 2.51. The average molecular weight is 699 g/mol. The van der Waals surface area contributed by atoms with E-state index in [1.165, 1.54) is 93.9 Å². The molecule has 1 heterocycles. The average Bonchev–Trinajstić information content (AvgIpc) is 3.86. The molecule has 10 aromatic rings. The van der Waals surface area contributed by atoms with Crippen LogP contribution in [0.3, 0.4) is 0 Å². The Bertz CT molecular complexity index is 3120. The van der Waals surface area contributed by atoms with Crippen LogP contribution in [0.2, 0.25) is 0 Å². The van der Waals surface area contributed by atoms with E-state index < -0.39 is 0 Å². The molecule has 2 heteroatoms. The number of hydrogen-bond donors (Lipinski definition) is 1. The molecule has 0 bridgehead atoms. The van der Waals surface area contributed by atoms with Crippen molar-refractivity contribution in [3.63, 3.8) is 0 Å². The van der Waals surface area contributed by atoms with E-state index in [1.54, 1.807) is 0 Å². The summed E-state index contributed by atoms with van der Waals surface area (Å²) in [6, 6.07) is 73.6. The summed E-state index contributed by atoms with van der Waals surface area (Å²) >= 11 is 0. The molecule has 0 aliphatic heterocycles. The van der Waals surface area contributed by atoms with Crippen molar-refractivity contribution in [3.8, 4) is 39.1 Å².